The molecule has 2 heterocycles. The monoisotopic (exact) mass is 353 g/mol. The third-order valence-electron chi connectivity index (χ3n) is 4.46. The molecular weight excluding hydrogens is 330 g/mol. The molecule has 136 valence electrons. The Bertz CT molecular complexity index is 728. The predicted octanol–water partition coefficient (Wildman–Crippen LogP) is 3.40. The second-order valence-electron chi connectivity index (χ2n) is 6.75. The van der Waals surface area contributed by atoms with Gasteiger partial charge in [0.15, 0.2) is 5.92 Å². The van der Waals surface area contributed by atoms with Crippen molar-refractivity contribution in [2.75, 3.05) is 6.54 Å². The third kappa shape index (κ3) is 3.72. The lowest BCUT2D eigenvalue weighted by atomic mass is 9.94. The largest absolute Gasteiger partial charge is 0.414 e. The van der Waals surface area contributed by atoms with Crippen LogP contribution < -0.4 is 0 Å². The van der Waals surface area contributed by atoms with Crippen molar-refractivity contribution in [3.8, 4) is 0 Å². The molecule has 3 aliphatic rings. The van der Waals surface area contributed by atoms with E-state index in [9.17, 15) is 9.59 Å². The standard InChI is InChI=1S/C21H23NO4/c1-4-22-13-9-17(10-14-22)6-5-16-7-11-21(12-8-16)25-19(23)18(15(2)3)20(24)26-21/h5-15,18H,4H2,1-3H3. The summed E-state index contributed by atoms with van der Waals surface area (Å²) in [6, 6.07) is 0. The maximum absolute atomic E-state index is 12.2. The summed E-state index contributed by atoms with van der Waals surface area (Å²) in [6.07, 6.45) is 18.8. The Balaban J connectivity index is 1.70. The van der Waals surface area contributed by atoms with Gasteiger partial charge in [-0.05, 0) is 36.1 Å². The lowest BCUT2D eigenvalue weighted by Crippen LogP contribution is -2.49. The first-order valence-electron chi connectivity index (χ1n) is 8.81. The first kappa shape index (κ1) is 18.0. The van der Waals surface area contributed by atoms with Crippen LogP contribution in [0.1, 0.15) is 20.8 Å². The van der Waals surface area contributed by atoms with Crippen LogP contribution in [0.25, 0.3) is 0 Å². The van der Waals surface area contributed by atoms with Crippen LogP contribution in [0.15, 0.2) is 72.2 Å². The maximum atomic E-state index is 12.2. The number of allylic oxidation sites excluding steroid dienone is 8. The van der Waals surface area contributed by atoms with E-state index in [1.807, 2.05) is 36.7 Å². The zero-order chi connectivity index (χ0) is 18.7. The second kappa shape index (κ2) is 7.20. The molecule has 26 heavy (non-hydrogen) atoms. The number of carbonyl (C=O) groups excluding carboxylic acids is 2. The van der Waals surface area contributed by atoms with E-state index in [4.69, 9.17) is 9.47 Å². The average Bonchev–Trinajstić information content (AvgIpc) is 2.61. The number of nitrogens with zero attached hydrogens (tertiary/aromatic N) is 1. The van der Waals surface area contributed by atoms with Gasteiger partial charge in [0.1, 0.15) is 0 Å². The van der Waals surface area contributed by atoms with Gasteiger partial charge in [0.25, 0.3) is 5.79 Å². The van der Waals surface area contributed by atoms with Crippen molar-refractivity contribution in [3.63, 3.8) is 0 Å². The second-order valence-corrected chi connectivity index (χ2v) is 6.75. The highest BCUT2D eigenvalue weighted by atomic mass is 16.7. The minimum absolute atomic E-state index is 0.161. The minimum atomic E-state index is -1.42. The molecule has 3 rings (SSSR count). The van der Waals surface area contributed by atoms with E-state index in [1.165, 1.54) is 0 Å². The molecule has 1 spiro atoms. The molecule has 0 saturated carbocycles. The summed E-state index contributed by atoms with van der Waals surface area (Å²) in [6.45, 7) is 6.61. The van der Waals surface area contributed by atoms with Crippen molar-refractivity contribution < 1.29 is 19.1 Å². The van der Waals surface area contributed by atoms with Gasteiger partial charge >= 0.3 is 11.9 Å². The van der Waals surface area contributed by atoms with E-state index in [0.717, 1.165) is 17.7 Å². The van der Waals surface area contributed by atoms with E-state index >= 15 is 0 Å². The van der Waals surface area contributed by atoms with E-state index in [-0.39, 0.29) is 5.92 Å². The number of rotatable bonds is 3. The quantitative estimate of drug-likeness (QED) is 0.575. The summed E-state index contributed by atoms with van der Waals surface area (Å²) in [5.74, 6) is -3.53. The van der Waals surface area contributed by atoms with Crippen LogP contribution in [0.5, 0.6) is 0 Å². The molecule has 5 heteroatoms. The Morgan fingerprint density at radius 3 is 1.96 bits per heavy atom. The summed E-state index contributed by atoms with van der Waals surface area (Å²) >= 11 is 0. The number of hydrogen-bond acceptors (Lipinski definition) is 5. The molecule has 0 aromatic rings. The van der Waals surface area contributed by atoms with Gasteiger partial charge in [0.05, 0.1) is 0 Å². The molecule has 5 nitrogen and oxygen atoms in total. The first-order valence-corrected chi connectivity index (χ1v) is 8.81. The normalized spacial score (nSPS) is 27.2. The van der Waals surface area contributed by atoms with Crippen LogP contribution in [-0.2, 0) is 19.1 Å². The number of esters is 2. The van der Waals surface area contributed by atoms with Crippen LogP contribution in [0.4, 0.5) is 0 Å². The Morgan fingerprint density at radius 1 is 1.00 bits per heavy atom. The van der Waals surface area contributed by atoms with E-state index in [0.29, 0.717) is 0 Å². The molecule has 0 unspecified atom stereocenters. The molecule has 1 fully saturated rings. The van der Waals surface area contributed by atoms with Crippen molar-refractivity contribution in [3.05, 3.63) is 72.2 Å². The molecule has 0 atom stereocenters. The summed E-state index contributed by atoms with van der Waals surface area (Å²) in [5.41, 5.74) is 2.00. The van der Waals surface area contributed by atoms with Gasteiger partial charge in [-0.3, -0.25) is 9.59 Å². The van der Waals surface area contributed by atoms with Crippen LogP contribution >= 0.6 is 0 Å². The Hall–Kier alpha value is -2.82. The molecule has 0 bridgehead atoms. The summed E-state index contributed by atoms with van der Waals surface area (Å²) in [5, 5.41) is 0. The average molecular weight is 353 g/mol. The van der Waals surface area contributed by atoms with Crippen molar-refractivity contribution >= 4 is 11.9 Å². The highest BCUT2D eigenvalue weighted by Gasteiger charge is 2.47. The molecule has 0 aromatic carbocycles. The van der Waals surface area contributed by atoms with Gasteiger partial charge in [0.2, 0.25) is 0 Å². The molecule has 2 aliphatic heterocycles. The lowest BCUT2D eigenvalue weighted by molar-refractivity contribution is -0.224. The Morgan fingerprint density at radius 2 is 1.50 bits per heavy atom. The summed E-state index contributed by atoms with van der Waals surface area (Å²) < 4.78 is 10.8. The summed E-state index contributed by atoms with van der Waals surface area (Å²) in [7, 11) is 0. The zero-order valence-corrected chi connectivity index (χ0v) is 15.2. The fourth-order valence-electron chi connectivity index (χ4n) is 2.87. The molecule has 1 aliphatic carbocycles. The van der Waals surface area contributed by atoms with E-state index < -0.39 is 23.6 Å². The van der Waals surface area contributed by atoms with Gasteiger partial charge in [-0.2, -0.15) is 0 Å². The van der Waals surface area contributed by atoms with Gasteiger partial charge in [-0.1, -0.05) is 38.2 Å². The zero-order valence-electron chi connectivity index (χ0n) is 15.2. The highest BCUT2D eigenvalue weighted by Crippen LogP contribution is 2.33. The fourth-order valence-corrected chi connectivity index (χ4v) is 2.87. The minimum Gasteiger partial charge on any atom is -0.414 e. The van der Waals surface area contributed by atoms with Crippen LogP contribution in [0.2, 0.25) is 0 Å². The molecule has 0 amide bonds. The lowest BCUT2D eigenvalue weighted by Gasteiger charge is -2.36. The molecule has 0 N–H and O–H groups in total. The molecular formula is C21H23NO4. The topological polar surface area (TPSA) is 55.8 Å². The van der Waals surface area contributed by atoms with Crippen molar-refractivity contribution in [2.45, 2.75) is 26.6 Å². The maximum Gasteiger partial charge on any atom is 0.324 e. The SMILES string of the molecule is CCN1C=CC(=CC=C2C=CC3(C=C2)OC(=O)C(C(C)C)C(=O)O3)C=C1. The number of ether oxygens (including phenoxy) is 2. The smallest absolute Gasteiger partial charge is 0.324 e. The molecule has 0 aromatic heterocycles. The van der Waals surface area contributed by atoms with Gasteiger partial charge in [0, 0.05) is 31.1 Å². The fraction of sp³-hybridized carbons (Fsp3) is 0.333. The number of carbonyl (C=O) groups is 2. The predicted molar refractivity (Wildman–Crippen MR) is 98.3 cm³/mol. The molecule has 1 saturated heterocycles. The van der Waals surface area contributed by atoms with Gasteiger partial charge in [-0.15, -0.1) is 0 Å². The van der Waals surface area contributed by atoms with Gasteiger partial charge in [-0.25, -0.2) is 0 Å². The van der Waals surface area contributed by atoms with E-state index in [1.54, 1.807) is 38.2 Å². The Labute approximate surface area is 153 Å². The van der Waals surface area contributed by atoms with Gasteiger partial charge < -0.3 is 14.4 Å². The van der Waals surface area contributed by atoms with Crippen molar-refractivity contribution in [2.24, 2.45) is 11.8 Å². The highest BCUT2D eigenvalue weighted by molar-refractivity contribution is 5.97. The van der Waals surface area contributed by atoms with Crippen LogP contribution in [-0.4, -0.2) is 29.2 Å². The third-order valence-corrected chi connectivity index (χ3v) is 4.46. The number of hydrogen-bond donors (Lipinski definition) is 0. The molecule has 0 radical (unpaired) electrons. The first-order chi connectivity index (χ1) is 12.4. The van der Waals surface area contributed by atoms with Crippen LogP contribution in [0.3, 0.4) is 0 Å². The van der Waals surface area contributed by atoms with Crippen LogP contribution in [0, 0.1) is 11.8 Å². The van der Waals surface area contributed by atoms with Crippen molar-refractivity contribution in [1.82, 2.24) is 4.90 Å². The van der Waals surface area contributed by atoms with Crippen molar-refractivity contribution in [1.29, 1.82) is 0 Å². The van der Waals surface area contributed by atoms with E-state index in [2.05, 4.69) is 11.8 Å². The summed E-state index contributed by atoms with van der Waals surface area (Å²) in [4.78, 5) is 26.4. The Kier molecular flexibility index (Phi) is 4.98.